The van der Waals surface area contributed by atoms with Crippen molar-refractivity contribution in [3.05, 3.63) is 143 Å². The number of nitrogens with one attached hydrogen (secondary N) is 1. The first-order valence-corrected chi connectivity index (χ1v) is 14.6. The fraction of sp³-hybridized carbons (Fsp3) is 0.206. The number of nitrogens with zero attached hydrogens (tertiary/aromatic N) is 3. The zero-order chi connectivity index (χ0) is 28.3. The topological polar surface area (TPSA) is 67.3 Å². The van der Waals surface area contributed by atoms with Gasteiger partial charge in [0.15, 0.2) is 0 Å². The van der Waals surface area contributed by atoms with E-state index in [4.69, 9.17) is 9.72 Å². The summed E-state index contributed by atoms with van der Waals surface area (Å²) in [5, 5.41) is 3.89. The molecule has 5 aromatic rings. The van der Waals surface area contributed by atoms with E-state index in [1.807, 2.05) is 59.5 Å². The van der Waals surface area contributed by atoms with Gasteiger partial charge in [-0.3, -0.25) is 4.79 Å². The number of anilines is 1. The molecule has 0 aliphatic heterocycles. The molecule has 4 aromatic carbocycles. The standard InChI is InChI=1S/C34H34N4O2S/c1-40-30-19-11-14-27(22-30)23-32-36-34(41-37-32)38(24-26-12-5-2-6-13-26)25-33(39)35-21-20-31(28-15-7-3-8-16-28)29-17-9-4-10-18-29/h2-19,22,31H,20-21,23-25H2,1H3,(H,35,39). The Labute approximate surface area is 245 Å². The number of hydrogen-bond donors (Lipinski definition) is 1. The Bertz CT molecular complexity index is 1470. The van der Waals surface area contributed by atoms with Gasteiger partial charge in [0, 0.05) is 37.0 Å². The van der Waals surface area contributed by atoms with Crippen LogP contribution in [0.1, 0.15) is 40.4 Å². The SMILES string of the molecule is COc1cccc(Cc2nsc(N(CC(=O)NCCC(c3ccccc3)c3ccccc3)Cc3ccccc3)n2)c1. The minimum atomic E-state index is -0.0367. The molecule has 1 aromatic heterocycles. The van der Waals surface area contributed by atoms with Crippen molar-refractivity contribution in [1.29, 1.82) is 0 Å². The Morgan fingerprint density at radius 2 is 1.49 bits per heavy atom. The van der Waals surface area contributed by atoms with Gasteiger partial charge in [0.2, 0.25) is 11.0 Å². The fourth-order valence-corrected chi connectivity index (χ4v) is 5.57. The van der Waals surface area contributed by atoms with Crippen molar-refractivity contribution >= 4 is 22.6 Å². The zero-order valence-electron chi connectivity index (χ0n) is 23.1. The van der Waals surface area contributed by atoms with Gasteiger partial charge < -0.3 is 15.0 Å². The maximum absolute atomic E-state index is 13.2. The van der Waals surface area contributed by atoms with Crippen LogP contribution in [0.3, 0.4) is 0 Å². The Hall–Kier alpha value is -4.49. The molecule has 41 heavy (non-hydrogen) atoms. The van der Waals surface area contributed by atoms with Crippen LogP contribution in [0.25, 0.3) is 0 Å². The van der Waals surface area contributed by atoms with Crippen molar-refractivity contribution < 1.29 is 9.53 Å². The molecule has 0 unspecified atom stereocenters. The maximum atomic E-state index is 13.2. The predicted molar refractivity (Wildman–Crippen MR) is 166 cm³/mol. The van der Waals surface area contributed by atoms with Crippen LogP contribution in [-0.4, -0.2) is 35.5 Å². The Balaban J connectivity index is 1.25. The lowest BCUT2D eigenvalue weighted by atomic mass is 9.88. The van der Waals surface area contributed by atoms with Crippen LogP contribution in [0.15, 0.2) is 115 Å². The summed E-state index contributed by atoms with van der Waals surface area (Å²) in [5.41, 5.74) is 4.68. The molecule has 6 nitrogen and oxygen atoms in total. The van der Waals surface area contributed by atoms with Gasteiger partial charge in [-0.05, 0) is 40.8 Å². The van der Waals surface area contributed by atoms with Crippen LogP contribution in [0.2, 0.25) is 0 Å². The van der Waals surface area contributed by atoms with E-state index in [1.54, 1.807) is 7.11 Å². The molecule has 0 spiro atoms. The summed E-state index contributed by atoms with van der Waals surface area (Å²) in [6.07, 6.45) is 1.40. The minimum Gasteiger partial charge on any atom is -0.497 e. The summed E-state index contributed by atoms with van der Waals surface area (Å²) in [5.74, 6) is 1.71. The van der Waals surface area contributed by atoms with Gasteiger partial charge in [0.1, 0.15) is 11.6 Å². The normalized spacial score (nSPS) is 10.9. The van der Waals surface area contributed by atoms with Gasteiger partial charge in [0.25, 0.3) is 0 Å². The number of carbonyl (C=O) groups excluding carboxylic acids is 1. The first kappa shape index (κ1) is 28.1. The molecule has 5 rings (SSSR count). The third-order valence-corrected chi connectivity index (χ3v) is 7.75. The highest BCUT2D eigenvalue weighted by Crippen LogP contribution is 2.27. The van der Waals surface area contributed by atoms with Gasteiger partial charge in [-0.15, -0.1) is 0 Å². The van der Waals surface area contributed by atoms with E-state index in [0.717, 1.165) is 34.3 Å². The van der Waals surface area contributed by atoms with Gasteiger partial charge in [-0.1, -0.05) is 103 Å². The van der Waals surface area contributed by atoms with Crippen molar-refractivity contribution in [2.75, 3.05) is 25.1 Å². The second-order valence-electron chi connectivity index (χ2n) is 9.88. The maximum Gasteiger partial charge on any atom is 0.239 e. The van der Waals surface area contributed by atoms with Crippen LogP contribution < -0.4 is 15.0 Å². The minimum absolute atomic E-state index is 0.0367. The molecule has 0 saturated heterocycles. The van der Waals surface area contributed by atoms with E-state index in [2.05, 4.69) is 70.4 Å². The molecule has 0 aliphatic carbocycles. The highest BCUT2D eigenvalue weighted by molar-refractivity contribution is 7.09. The van der Waals surface area contributed by atoms with Gasteiger partial charge in [-0.25, -0.2) is 4.98 Å². The summed E-state index contributed by atoms with van der Waals surface area (Å²) in [6.45, 7) is 1.34. The number of methoxy groups -OCH3 is 1. The van der Waals surface area contributed by atoms with Crippen LogP contribution in [0.4, 0.5) is 5.13 Å². The molecule has 1 N–H and O–H groups in total. The second kappa shape index (κ2) is 14.2. The van der Waals surface area contributed by atoms with Crippen LogP contribution in [0, 0.1) is 0 Å². The summed E-state index contributed by atoms with van der Waals surface area (Å²) < 4.78 is 9.96. The summed E-state index contributed by atoms with van der Waals surface area (Å²) >= 11 is 1.32. The van der Waals surface area contributed by atoms with E-state index >= 15 is 0 Å². The van der Waals surface area contributed by atoms with Gasteiger partial charge >= 0.3 is 0 Å². The Morgan fingerprint density at radius 1 is 0.854 bits per heavy atom. The molecule has 208 valence electrons. The summed E-state index contributed by atoms with van der Waals surface area (Å²) in [7, 11) is 1.66. The van der Waals surface area contributed by atoms with Crippen molar-refractivity contribution in [2.24, 2.45) is 0 Å². The number of amides is 1. The number of benzene rings is 4. The molecular formula is C34H34N4O2S. The zero-order valence-corrected chi connectivity index (χ0v) is 24.0. The van der Waals surface area contributed by atoms with E-state index in [1.165, 1.54) is 22.7 Å². The lowest BCUT2D eigenvalue weighted by molar-refractivity contribution is -0.119. The highest BCUT2D eigenvalue weighted by atomic mass is 32.1. The summed E-state index contributed by atoms with van der Waals surface area (Å²) in [4.78, 5) is 20.0. The third kappa shape index (κ3) is 8.02. The first-order valence-electron chi connectivity index (χ1n) is 13.8. The Morgan fingerprint density at radius 3 is 2.15 bits per heavy atom. The molecule has 1 heterocycles. The first-order chi connectivity index (χ1) is 20.2. The van der Waals surface area contributed by atoms with Crippen LogP contribution in [0.5, 0.6) is 5.75 Å². The monoisotopic (exact) mass is 562 g/mol. The molecule has 7 heteroatoms. The number of aromatic nitrogens is 2. The largest absolute Gasteiger partial charge is 0.497 e. The molecule has 1 amide bonds. The van der Waals surface area contributed by atoms with Crippen LogP contribution in [-0.2, 0) is 17.8 Å². The van der Waals surface area contributed by atoms with Crippen LogP contribution >= 0.6 is 11.5 Å². The smallest absolute Gasteiger partial charge is 0.239 e. The quantitative estimate of drug-likeness (QED) is 0.178. The van der Waals surface area contributed by atoms with Crippen molar-refractivity contribution in [2.45, 2.75) is 25.3 Å². The molecule has 0 aliphatic rings. The highest BCUT2D eigenvalue weighted by Gasteiger charge is 2.19. The number of ether oxygens (including phenoxy) is 1. The number of carbonyl (C=O) groups is 1. The number of hydrogen-bond acceptors (Lipinski definition) is 6. The third-order valence-electron chi connectivity index (χ3n) is 6.93. The van der Waals surface area contributed by atoms with Gasteiger partial charge in [0.05, 0.1) is 13.7 Å². The van der Waals surface area contributed by atoms with Crippen molar-refractivity contribution in [3.63, 3.8) is 0 Å². The van der Waals surface area contributed by atoms with Crippen molar-refractivity contribution in [3.8, 4) is 5.75 Å². The van der Waals surface area contributed by atoms with E-state index in [0.29, 0.717) is 19.5 Å². The number of rotatable bonds is 13. The van der Waals surface area contributed by atoms with E-state index in [-0.39, 0.29) is 18.4 Å². The van der Waals surface area contributed by atoms with Gasteiger partial charge in [-0.2, -0.15) is 4.37 Å². The summed E-state index contributed by atoms with van der Waals surface area (Å²) in [6, 6.07) is 39.0. The molecule has 0 atom stereocenters. The predicted octanol–water partition coefficient (Wildman–Crippen LogP) is 6.48. The lowest BCUT2D eigenvalue weighted by Crippen LogP contribution is -2.37. The fourth-order valence-electron chi connectivity index (χ4n) is 4.89. The Kier molecular flexibility index (Phi) is 9.74. The molecular weight excluding hydrogens is 528 g/mol. The average molecular weight is 563 g/mol. The molecule has 0 saturated carbocycles. The second-order valence-corrected chi connectivity index (χ2v) is 10.6. The van der Waals surface area contributed by atoms with E-state index < -0.39 is 0 Å². The average Bonchev–Trinajstić information content (AvgIpc) is 3.49. The molecule has 0 fully saturated rings. The molecule has 0 bridgehead atoms. The van der Waals surface area contributed by atoms with E-state index in [9.17, 15) is 4.79 Å². The lowest BCUT2D eigenvalue weighted by Gasteiger charge is -2.22. The van der Waals surface area contributed by atoms with Crippen molar-refractivity contribution in [1.82, 2.24) is 14.7 Å². The molecule has 0 radical (unpaired) electrons.